The minimum atomic E-state index is 0.446. The average Bonchev–Trinajstić information content (AvgIpc) is 2.40. The van der Waals surface area contributed by atoms with Crippen LogP contribution < -0.4 is 10.6 Å². The van der Waals surface area contributed by atoms with E-state index < -0.39 is 0 Å². The summed E-state index contributed by atoms with van der Waals surface area (Å²) in [6.07, 6.45) is 4.29. The molecule has 0 saturated carbocycles. The molecule has 1 aromatic heterocycles. The van der Waals surface area contributed by atoms with E-state index in [-0.39, 0.29) is 0 Å². The van der Waals surface area contributed by atoms with Gasteiger partial charge in [-0.15, -0.1) is 0 Å². The van der Waals surface area contributed by atoms with Crippen molar-refractivity contribution in [2.45, 2.75) is 25.8 Å². The molecule has 1 aliphatic rings. The van der Waals surface area contributed by atoms with Crippen molar-refractivity contribution in [3.63, 3.8) is 0 Å². The second kappa shape index (κ2) is 4.90. The van der Waals surface area contributed by atoms with Crippen molar-refractivity contribution >= 4 is 16.9 Å². The van der Waals surface area contributed by atoms with E-state index in [1.54, 1.807) is 0 Å². The highest BCUT2D eigenvalue weighted by Crippen LogP contribution is 2.15. The van der Waals surface area contributed by atoms with E-state index in [4.69, 9.17) is 0 Å². The molecule has 2 heterocycles. The van der Waals surface area contributed by atoms with Crippen LogP contribution in [0.25, 0.3) is 10.9 Å². The molecule has 2 aromatic rings. The van der Waals surface area contributed by atoms with Gasteiger partial charge in [-0.3, -0.25) is 0 Å². The zero-order chi connectivity index (χ0) is 12.4. The molecule has 94 valence electrons. The largest absolute Gasteiger partial charge is 0.350 e. The van der Waals surface area contributed by atoms with Crippen molar-refractivity contribution in [2.75, 3.05) is 18.4 Å². The third kappa shape index (κ3) is 2.43. The molecule has 1 fully saturated rings. The quantitative estimate of drug-likeness (QED) is 0.846. The Labute approximate surface area is 107 Å². The molecule has 0 aliphatic carbocycles. The first-order valence-electron chi connectivity index (χ1n) is 6.52. The summed E-state index contributed by atoms with van der Waals surface area (Å²) >= 11 is 0. The Morgan fingerprint density at radius 2 is 2.33 bits per heavy atom. The van der Waals surface area contributed by atoms with Gasteiger partial charge in [-0.2, -0.15) is 0 Å². The van der Waals surface area contributed by atoms with E-state index in [1.807, 2.05) is 6.20 Å². The van der Waals surface area contributed by atoms with Crippen LogP contribution >= 0.6 is 0 Å². The van der Waals surface area contributed by atoms with Crippen LogP contribution in [0, 0.1) is 6.92 Å². The molecule has 0 amide bonds. The van der Waals surface area contributed by atoms with Gasteiger partial charge in [-0.1, -0.05) is 11.6 Å². The van der Waals surface area contributed by atoms with Gasteiger partial charge >= 0.3 is 0 Å². The molecule has 2 N–H and O–H groups in total. The minimum Gasteiger partial charge on any atom is -0.350 e. The lowest BCUT2D eigenvalue weighted by Gasteiger charge is -2.23. The summed E-state index contributed by atoms with van der Waals surface area (Å²) in [4.78, 5) is 8.95. The van der Waals surface area contributed by atoms with E-state index in [9.17, 15) is 0 Å². The second-order valence-electron chi connectivity index (χ2n) is 4.94. The van der Waals surface area contributed by atoms with Gasteiger partial charge in [0, 0.05) is 24.2 Å². The third-order valence-corrected chi connectivity index (χ3v) is 3.37. The van der Waals surface area contributed by atoms with Crippen LogP contribution in [0.2, 0.25) is 0 Å². The zero-order valence-corrected chi connectivity index (χ0v) is 10.6. The van der Waals surface area contributed by atoms with Crippen LogP contribution in [0.3, 0.4) is 0 Å². The van der Waals surface area contributed by atoms with E-state index >= 15 is 0 Å². The molecule has 1 atom stereocenters. The number of fused-ring (bicyclic) bond motifs is 1. The molecule has 1 aliphatic heterocycles. The minimum absolute atomic E-state index is 0.446. The monoisotopic (exact) mass is 242 g/mol. The van der Waals surface area contributed by atoms with Gasteiger partial charge in [0.05, 0.1) is 5.52 Å². The van der Waals surface area contributed by atoms with Crippen molar-refractivity contribution < 1.29 is 0 Å². The fraction of sp³-hybridized carbons (Fsp3) is 0.429. The molecule has 0 bridgehead atoms. The van der Waals surface area contributed by atoms with Crippen molar-refractivity contribution in [3.05, 3.63) is 30.0 Å². The number of anilines is 1. The molecular formula is C14H18N4. The molecular weight excluding hydrogens is 224 g/mol. The summed E-state index contributed by atoms with van der Waals surface area (Å²) in [5.41, 5.74) is 2.24. The van der Waals surface area contributed by atoms with Gasteiger partial charge in [-0.05, 0) is 38.4 Å². The molecule has 4 heteroatoms. The lowest BCUT2D eigenvalue weighted by molar-refractivity contribution is 0.478. The molecule has 1 saturated heterocycles. The van der Waals surface area contributed by atoms with Crippen LogP contribution in [0.15, 0.2) is 24.4 Å². The molecule has 0 spiro atoms. The number of hydrogen-bond donors (Lipinski definition) is 2. The smallest absolute Gasteiger partial charge is 0.223 e. The molecule has 1 unspecified atom stereocenters. The highest BCUT2D eigenvalue weighted by Gasteiger charge is 2.13. The summed E-state index contributed by atoms with van der Waals surface area (Å²) in [6.45, 7) is 4.20. The summed E-state index contributed by atoms with van der Waals surface area (Å²) in [5.74, 6) is 0.736. The van der Waals surface area contributed by atoms with Crippen LogP contribution in [-0.4, -0.2) is 29.1 Å². The maximum atomic E-state index is 4.56. The van der Waals surface area contributed by atoms with Gasteiger partial charge < -0.3 is 10.6 Å². The Kier molecular flexibility index (Phi) is 3.11. The van der Waals surface area contributed by atoms with E-state index in [0.29, 0.717) is 6.04 Å². The summed E-state index contributed by atoms with van der Waals surface area (Å²) in [6, 6.07) is 6.70. The Morgan fingerprint density at radius 1 is 1.39 bits per heavy atom. The standard InChI is InChI=1S/C14H18N4/c1-10-4-5-13-11(7-10)8-16-14(18-13)17-12-3-2-6-15-9-12/h4-5,7-8,12,15H,2-3,6,9H2,1H3,(H,16,17,18). The summed E-state index contributed by atoms with van der Waals surface area (Å²) in [5, 5.41) is 7.88. The first-order chi connectivity index (χ1) is 8.81. The van der Waals surface area contributed by atoms with Gasteiger partial charge in [0.1, 0.15) is 0 Å². The Morgan fingerprint density at radius 3 is 3.17 bits per heavy atom. The summed E-state index contributed by atoms with van der Waals surface area (Å²) in [7, 11) is 0. The highest BCUT2D eigenvalue weighted by atomic mass is 15.1. The predicted octanol–water partition coefficient (Wildman–Crippen LogP) is 2.10. The highest BCUT2D eigenvalue weighted by molar-refractivity contribution is 5.79. The SMILES string of the molecule is Cc1ccc2nc(NC3CCCNC3)ncc2c1. The number of nitrogens with one attached hydrogen (secondary N) is 2. The molecule has 18 heavy (non-hydrogen) atoms. The van der Waals surface area contributed by atoms with E-state index in [1.165, 1.54) is 18.4 Å². The fourth-order valence-corrected chi connectivity index (χ4v) is 2.38. The van der Waals surface area contributed by atoms with Gasteiger partial charge in [0.25, 0.3) is 0 Å². The van der Waals surface area contributed by atoms with Gasteiger partial charge in [-0.25, -0.2) is 9.97 Å². The Bertz CT molecular complexity index is 546. The van der Waals surface area contributed by atoms with Crippen molar-refractivity contribution in [2.24, 2.45) is 0 Å². The van der Waals surface area contributed by atoms with E-state index in [2.05, 4.69) is 45.7 Å². The normalized spacial score (nSPS) is 19.9. The number of hydrogen-bond acceptors (Lipinski definition) is 4. The Hall–Kier alpha value is -1.68. The van der Waals surface area contributed by atoms with Crippen LogP contribution in [0.4, 0.5) is 5.95 Å². The predicted molar refractivity (Wildman–Crippen MR) is 73.8 cm³/mol. The number of nitrogens with zero attached hydrogens (tertiary/aromatic N) is 2. The fourth-order valence-electron chi connectivity index (χ4n) is 2.38. The van der Waals surface area contributed by atoms with Gasteiger partial charge in [0.2, 0.25) is 5.95 Å². The molecule has 3 rings (SSSR count). The topological polar surface area (TPSA) is 49.8 Å². The summed E-state index contributed by atoms with van der Waals surface area (Å²) < 4.78 is 0. The maximum absolute atomic E-state index is 4.56. The first-order valence-corrected chi connectivity index (χ1v) is 6.52. The van der Waals surface area contributed by atoms with Crippen LogP contribution in [0.5, 0.6) is 0 Å². The zero-order valence-electron chi connectivity index (χ0n) is 10.6. The average molecular weight is 242 g/mol. The van der Waals surface area contributed by atoms with Gasteiger partial charge in [0.15, 0.2) is 0 Å². The second-order valence-corrected chi connectivity index (χ2v) is 4.94. The van der Waals surface area contributed by atoms with Crippen LogP contribution in [0.1, 0.15) is 18.4 Å². The van der Waals surface area contributed by atoms with Crippen molar-refractivity contribution in [1.82, 2.24) is 15.3 Å². The number of aromatic nitrogens is 2. The lowest BCUT2D eigenvalue weighted by atomic mass is 10.1. The lowest BCUT2D eigenvalue weighted by Crippen LogP contribution is -2.38. The van der Waals surface area contributed by atoms with E-state index in [0.717, 1.165) is 29.9 Å². The molecule has 4 nitrogen and oxygen atoms in total. The first kappa shape index (κ1) is 11.4. The van der Waals surface area contributed by atoms with Crippen molar-refractivity contribution in [1.29, 1.82) is 0 Å². The Balaban J connectivity index is 1.82. The number of aryl methyl sites for hydroxylation is 1. The van der Waals surface area contributed by atoms with Crippen molar-refractivity contribution in [3.8, 4) is 0 Å². The number of rotatable bonds is 2. The molecule has 1 aromatic carbocycles. The number of benzene rings is 1. The molecule has 0 radical (unpaired) electrons. The number of piperidine rings is 1. The maximum Gasteiger partial charge on any atom is 0.223 e. The third-order valence-electron chi connectivity index (χ3n) is 3.37. The van der Waals surface area contributed by atoms with Crippen LogP contribution in [-0.2, 0) is 0 Å².